The Labute approximate surface area is 258 Å². The molecule has 2 aromatic carbocycles. The molecule has 0 radical (unpaired) electrons. The number of imide groups is 1. The number of urea groups is 1. The van der Waals surface area contributed by atoms with Crippen molar-refractivity contribution >= 4 is 40.5 Å². The number of carbonyl (C=O) groups excluding carboxylic acids is 3. The molecule has 2 N–H and O–H groups in total. The third kappa shape index (κ3) is 6.56. The molecule has 1 heterocycles. The summed E-state index contributed by atoms with van der Waals surface area (Å²) in [5.41, 5.74) is 4.34. The number of allylic oxidation sites excluding steroid dienone is 1. The normalized spacial score (nSPS) is 22.2. The quantitative estimate of drug-likeness (QED) is 0.312. The maximum Gasteiger partial charge on any atom is 0.339 e. The maximum atomic E-state index is 13.7. The lowest BCUT2D eigenvalue weighted by atomic mass is 9.78. The Hall–Kier alpha value is -4.40. The van der Waals surface area contributed by atoms with Crippen molar-refractivity contribution in [1.29, 1.82) is 0 Å². The number of para-hydroxylation sites is 2. The summed E-state index contributed by atoms with van der Waals surface area (Å²) >= 11 is 0. The molecule has 0 spiro atoms. The molecule has 1 fully saturated rings. The van der Waals surface area contributed by atoms with Gasteiger partial charge in [0.15, 0.2) is 18.1 Å². The Morgan fingerprint density at radius 2 is 1.77 bits per heavy atom. The minimum atomic E-state index is -0.682. The van der Waals surface area contributed by atoms with Gasteiger partial charge in [0.1, 0.15) is 0 Å². The molecular weight excluding hydrogens is 558 g/mol. The molecule has 1 aromatic heterocycles. The summed E-state index contributed by atoms with van der Waals surface area (Å²) in [6.45, 7) is 5.85. The highest BCUT2D eigenvalue weighted by atomic mass is 16.5. The Balaban J connectivity index is 1.40. The van der Waals surface area contributed by atoms with Crippen LogP contribution in [-0.4, -0.2) is 49.8 Å². The van der Waals surface area contributed by atoms with Crippen molar-refractivity contribution < 1.29 is 28.6 Å². The van der Waals surface area contributed by atoms with Crippen molar-refractivity contribution in [2.45, 2.75) is 58.9 Å². The zero-order valence-corrected chi connectivity index (χ0v) is 26.1. The van der Waals surface area contributed by atoms with E-state index in [0.29, 0.717) is 46.2 Å². The van der Waals surface area contributed by atoms with Crippen molar-refractivity contribution in [3.8, 4) is 11.5 Å². The lowest BCUT2D eigenvalue weighted by molar-refractivity contribution is -0.123. The van der Waals surface area contributed by atoms with Crippen LogP contribution in [0.4, 0.5) is 4.79 Å². The average Bonchev–Trinajstić information content (AvgIpc) is 3.01. The molecule has 9 heteroatoms. The largest absolute Gasteiger partial charge is 0.493 e. The fourth-order valence-corrected chi connectivity index (χ4v) is 6.54. The number of ether oxygens (including phenoxy) is 3. The molecular formula is C35H41N3O6. The molecule has 44 heavy (non-hydrogen) atoms. The molecule has 2 aliphatic carbocycles. The van der Waals surface area contributed by atoms with Gasteiger partial charge >= 0.3 is 12.0 Å². The van der Waals surface area contributed by atoms with Crippen LogP contribution in [0.5, 0.6) is 11.5 Å². The molecule has 5 rings (SSSR count). The first-order valence-corrected chi connectivity index (χ1v) is 15.3. The van der Waals surface area contributed by atoms with Gasteiger partial charge in [-0.25, -0.2) is 14.6 Å². The number of nitrogens with one attached hydrogen (secondary N) is 2. The molecule has 0 aliphatic heterocycles. The monoisotopic (exact) mass is 599 g/mol. The van der Waals surface area contributed by atoms with E-state index in [1.165, 1.54) is 0 Å². The summed E-state index contributed by atoms with van der Waals surface area (Å²) in [4.78, 5) is 43.9. The predicted octanol–water partition coefficient (Wildman–Crippen LogP) is 6.18. The Bertz CT molecular complexity index is 1600. The summed E-state index contributed by atoms with van der Waals surface area (Å²) in [5.74, 6) is 0.969. The molecule has 1 saturated carbocycles. The van der Waals surface area contributed by atoms with E-state index in [-0.39, 0.29) is 12.0 Å². The first-order chi connectivity index (χ1) is 21.2. The van der Waals surface area contributed by atoms with Gasteiger partial charge in [-0.05, 0) is 66.4 Å². The first kappa shape index (κ1) is 31.0. The second kappa shape index (κ2) is 13.5. The van der Waals surface area contributed by atoms with E-state index in [2.05, 4.69) is 31.4 Å². The molecule has 232 valence electrons. The number of hydrogen-bond donors (Lipinski definition) is 2. The first-order valence-electron chi connectivity index (χ1n) is 15.3. The number of pyridine rings is 1. The van der Waals surface area contributed by atoms with Crippen LogP contribution in [0.3, 0.4) is 0 Å². The maximum absolute atomic E-state index is 13.7. The van der Waals surface area contributed by atoms with Gasteiger partial charge in [-0.1, -0.05) is 63.9 Å². The number of benzene rings is 2. The number of hydrogen-bond acceptors (Lipinski definition) is 7. The summed E-state index contributed by atoms with van der Waals surface area (Å²) in [6, 6.07) is 12.6. The van der Waals surface area contributed by atoms with Crippen LogP contribution in [0.1, 0.15) is 73.6 Å². The summed E-state index contributed by atoms with van der Waals surface area (Å²) in [7, 11) is 3.20. The van der Waals surface area contributed by atoms with Crippen molar-refractivity contribution in [3.05, 3.63) is 64.8 Å². The van der Waals surface area contributed by atoms with Gasteiger partial charge in [0.25, 0.3) is 5.91 Å². The SMILES string of the molecule is COc1cccc(/C=C2\C[C@H](C)Cc3c2nc2ccccc2c3C(=O)OCC(=O)NC(=O)N[C@@H]2CCC[C@@H](C)[C@@H]2C)c1OC. The lowest BCUT2D eigenvalue weighted by Gasteiger charge is -2.34. The highest BCUT2D eigenvalue weighted by Gasteiger charge is 2.31. The predicted molar refractivity (Wildman–Crippen MR) is 170 cm³/mol. The lowest BCUT2D eigenvalue weighted by Crippen LogP contribution is -2.49. The van der Waals surface area contributed by atoms with E-state index < -0.39 is 24.5 Å². The van der Waals surface area contributed by atoms with E-state index in [1.54, 1.807) is 14.2 Å². The molecule has 0 bridgehead atoms. The number of amides is 3. The number of carbonyl (C=O) groups is 3. The van der Waals surface area contributed by atoms with E-state index >= 15 is 0 Å². The molecule has 2 aliphatic rings. The van der Waals surface area contributed by atoms with Crippen molar-refractivity contribution in [2.24, 2.45) is 17.8 Å². The van der Waals surface area contributed by atoms with Crippen LogP contribution in [0.25, 0.3) is 22.6 Å². The van der Waals surface area contributed by atoms with Crippen LogP contribution in [0.2, 0.25) is 0 Å². The smallest absolute Gasteiger partial charge is 0.339 e. The van der Waals surface area contributed by atoms with Crippen LogP contribution in [0.15, 0.2) is 42.5 Å². The fourth-order valence-electron chi connectivity index (χ4n) is 6.54. The molecule has 3 aromatic rings. The Kier molecular flexibility index (Phi) is 9.52. The zero-order valence-electron chi connectivity index (χ0n) is 26.1. The number of nitrogens with zero attached hydrogens (tertiary/aromatic N) is 1. The Morgan fingerprint density at radius 3 is 2.55 bits per heavy atom. The van der Waals surface area contributed by atoms with Crippen molar-refractivity contribution in [3.63, 3.8) is 0 Å². The van der Waals surface area contributed by atoms with Crippen LogP contribution in [-0.2, 0) is 16.0 Å². The van der Waals surface area contributed by atoms with E-state index in [9.17, 15) is 14.4 Å². The second-order valence-electron chi connectivity index (χ2n) is 12.1. The molecule has 0 saturated heterocycles. The van der Waals surface area contributed by atoms with E-state index in [1.807, 2.05) is 48.5 Å². The standard InChI is InChI=1S/C35H41N3O6/c1-20-16-24(18-23-11-9-15-29(42-4)33(23)43-5)32-26(17-20)31(25-12-6-7-13-28(25)36-32)34(40)44-19-30(39)38-35(41)37-27-14-8-10-21(2)22(27)3/h6-7,9,11-13,15,18,20-22,27H,8,10,14,16-17,19H2,1-5H3,(H2,37,38,39,41)/b24-18+/t20-,21+,22-,27+/m0/s1. The fraction of sp³-hybridized carbons (Fsp3) is 0.429. The van der Waals surface area contributed by atoms with Crippen LogP contribution < -0.4 is 20.1 Å². The third-order valence-corrected chi connectivity index (χ3v) is 9.00. The van der Waals surface area contributed by atoms with Gasteiger partial charge < -0.3 is 19.5 Å². The minimum Gasteiger partial charge on any atom is -0.493 e. The second-order valence-corrected chi connectivity index (χ2v) is 12.1. The van der Waals surface area contributed by atoms with E-state index in [4.69, 9.17) is 19.2 Å². The van der Waals surface area contributed by atoms with Crippen molar-refractivity contribution in [2.75, 3.05) is 20.8 Å². The average molecular weight is 600 g/mol. The van der Waals surface area contributed by atoms with E-state index in [0.717, 1.165) is 48.1 Å². The van der Waals surface area contributed by atoms with Gasteiger partial charge in [0, 0.05) is 17.0 Å². The number of rotatable bonds is 7. The number of esters is 1. The molecule has 9 nitrogen and oxygen atoms in total. The zero-order chi connectivity index (χ0) is 31.4. The molecule has 3 amide bonds. The van der Waals surface area contributed by atoms with Gasteiger partial charge in [0.2, 0.25) is 0 Å². The molecule has 0 unspecified atom stereocenters. The van der Waals surface area contributed by atoms with Gasteiger partial charge in [-0.15, -0.1) is 0 Å². The van der Waals surface area contributed by atoms with Gasteiger partial charge in [-0.2, -0.15) is 0 Å². The number of aromatic nitrogens is 1. The van der Waals surface area contributed by atoms with Gasteiger partial charge in [-0.3, -0.25) is 10.1 Å². The van der Waals surface area contributed by atoms with Crippen molar-refractivity contribution in [1.82, 2.24) is 15.6 Å². The number of fused-ring (bicyclic) bond motifs is 2. The third-order valence-electron chi connectivity index (χ3n) is 9.00. The number of methoxy groups -OCH3 is 2. The highest BCUT2D eigenvalue weighted by molar-refractivity contribution is 6.07. The minimum absolute atomic E-state index is 0.00462. The summed E-state index contributed by atoms with van der Waals surface area (Å²) in [5, 5.41) is 5.89. The van der Waals surface area contributed by atoms with Crippen LogP contribution >= 0.6 is 0 Å². The summed E-state index contributed by atoms with van der Waals surface area (Å²) in [6.07, 6.45) is 6.46. The highest BCUT2D eigenvalue weighted by Crippen LogP contribution is 2.41. The van der Waals surface area contributed by atoms with Gasteiger partial charge in [0.05, 0.1) is 31.0 Å². The molecule has 4 atom stereocenters. The summed E-state index contributed by atoms with van der Waals surface area (Å²) < 4.78 is 16.7. The Morgan fingerprint density at radius 1 is 0.977 bits per heavy atom. The van der Waals surface area contributed by atoms with Crippen LogP contribution in [0, 0.1) is 17.8 Å². The topological polar surface area (TPSA) is 116 Å².